The van der Waals surface area contributed by atoms with Crippen LogP contribution in [0.3, 0.4) is 0 Å². The monoisotopic (exact) mass is 304 g/mol. The van der Waals surface area contributed by atoms with Crippen LogP contribution in [0.15, 0.2) is 12.1 Å². The lowest BCUT2D eigenvalue weighted by atomic mass is 10.0. The maximum atomic E-state index is 11.9. The Kier molecular flexibility index (Phi) is 5.17. The largest absolute Gasteiger partial charge is 0.452 e. The minimum Gasteiger partial charge on any atom is -0.452 e. The second-order valence-electron chi connectivity index (χ2n) is 4.49. The summed E-state index contributed by atoms with van der Waals surface area (Å²) in [4.78, 5) is 22.9. The van der Waals surface area contributed by atoms with E-state index < -0.39 is 31.2 Å². The highest BCUT2D eigenvalue weighted by atomic mass is 19.4. The molecule has 8 heteroatoms. The highest BCUT2D eigenvalue weighted by Crippen LogP contribution is 2.18. The molecule has 3 N–H and O–H groups in total. The van der Waals surface area contributed by atoms with E-state index in [1.807, 2.05) is 0 Å². The fourth-order valence-electron chi connectivity index (χ4n) is 1.55. The first-order chi connectivity index (χ1) is 9.60. The van der Waals surface area contributed by atoms with Gasteiger partial charge < -0.3 is 15.8 Å². The number of nitrogens with one attached hydrogen (secondary N) is 1. The average Bonchev–Trinajstić information content (AvgIpc) is 2.37. The second-order valence-corrected chi connectivity index (χ2v) is 4.49. The van der Waals surface area contributed by atoms with E-state index in [-0.39, 0.29) is 5.56 Å². The fraction of sp³-hybridized carbons (Fsp3) is 0.385. The van der Waals surface area contributed by atoms with Gasteiger partial charge in [-0.05, 0) is 31.0 Å². The number of alkyl halides is 3. The quantitative estimate of drug-likeness (QED) is 0.655. The molecule has 116 valence electrons. The van der Waals surface area contributed by atoms with Crippen molar-refractivity contribution >= 4 is 17.6 Å². The summed E-state index contributed by atoms with van der Waals surface area (Å²) >= 11 is 0. The average molecular weight is 304 g/mol. The summed E-state index contributed by atoms with van der Waals surface area (Å²) in [5.41, 5.74) is 7.60. The number of hydrogen-bond acceptors (Lipinski definition) is 4. The number of hydrogen-bond donors (Lipinski definition) is 2. The Morgan fingerprint density at radius 1 is 1.24 bits per heavy atom. The number of nitrogen functional groups attached to an aromatic ring is 1. The Balaban J connectivity index is 2.59. The van der Waals surface area contributed by atoms with Crippen molar-refractivity contribution < 1.29 is 27.5 Å². The lowest BCUT2D eigenvalue weighted by Crippen LogP contribution is -2.36. The lowest BCUT2D eigenvalue weighted by molar-refractivity contribution is -0.140. The third kappa shape index (κ3) is 5.33. The van der Waals surface area contributed by atoms with Crippen LogP contribution < -0.4 is 11.1 Å². The standard InChI is InChI=1S/C13H15F3N2O3/c1-7-3-8(2)10(17)4-9(7)12(20)21-5-11(19)18-6-13(14,15)16/h3-4H,5-6,17H2,1-2H3,(H,18,19). The number of anilines is 1. The fourth-order valence-corrected chi connectivity index (χ4v) is 1.55. The predicted molar refractivity (Wildman–Crippen MR) is 69.7 cm³/mol. The zero-order chi connectivity index (χ0) is 16.2. The van der Waals surface area contributed by atoms with Gasteiger partial charge in [-0.1, -0.05) is 6.07 Å². The molecule has 0 fully saturated rings. The molecule has 1 aromatic carbocycles. The molecule has 0 aliphatic carbocycles. The minimum absolute atomic E-state index is 0.168. The number of ether oxygens (including phenoxy) is 1. The summed E-state index contributed by atoms with van der Waals surface area (Å²) in [5.74, 6) is -1.85. The molecule has 21 heavy (non-hydrogen) atoms. The van der Waals surface area contributed by atoms with Crippen LogP contribution in [0.2, 0.25) is 0 Å². The molecule has 0 unspecified atom stereocenters. The van der Waals surface area contributed by atoms with Gasteiger partial charge in [0.05, 0.1) is 5.56 Å². The molecule has 0 heterocycles. The Morgan fingerprint density at radius 3 is 2.43 bits per heavy atom. The Hall–Kier alpha value is -2.25. The van der Waals surface area contributed by atoms with Crippen molar-refractivity contribution in [3.8, 4) is 0 Å². The molecule has 0 radical (unpaired) electrons. The van der Waals surface area contributed by atoms with Gasteiger partial charge in [0.2, 0.25) is 0 Å². The molecule has 1 amide bonds. The molecule has 0 saturated heterocycles. The summed E-state index contributed by atoms with van der Waals surface area (Å²) in [6.07, 6.45) is -4.51. The van der Waals surface area contributed by atoms with Gasteiger partial charge in [0.15, 0.2) is 6.61 Å². The first-order valence-corrected chi connectivity index (χ1v) is 5.97. The Morgan fingerprint density at radius 2 is 1.86 bits per heavy atom. The van der Waals surface area contributed by atoms with Gasteiger partial charge in [0.25, 0.3) is 5.91 Å². The molecule has 0 spiro atoms. The molecular weight excluding hydrogens is 289 g/mol. The summed E-state index contributed by atoms with van der Waals surface area (Å²) in [5, 5.41) is 1.60. The zero-order valence-electron chi connectivity index (χ0n) is 11.5. The van der Waals surface area contributed by atoms with E-state index in [9.17, 15) is 22.8 Å². The van der Waals surface area contributed by atoms with Gasteiger partial charge in [0.1, 0.15) is 6.54 Å². The third-order valence-corrected chi connectivity index (χ3v) is 2.65. The van der Waals surface area contributed by atoms with Crippen LogP contribution in [0.5, 0.6) is 0 Å². The number of nitrogens with two attached hydrogens (primary N) is 1. The molecule has 0 saturated carbocycles. The van der Waals surface area contributed by atoms with Crippen molar-refractivity contribution in [3.63, 3.8) is 0 Å². The van der Waals surface area contributed by atoms with Crippen LogP contribution in [0.1, 0.15) is 21.5 Å². The van der Waals surface area contributed by atoms with Gasteiger partial charge >= 0.3 is 12.1 Å². The first kappa shape index (κ1) is 16.8. The SMILES string of the molecule is Cc1cc(C)c(C(=O)OCC(=O)NCC(F)(F)F)cc1N. The lowest BCUT2D eigenvalue weighted by Gasteiger charge is -2.11. The number of aryl methyl sites for hydroxylation is 2. The first-order valence-electron chi connectivity index (χ1n) is 5.97. The van der Waals surface area contributed by atoms with Crippen molar-refractivity contribution in [2.24, 2.45) is 0 Å². The molecule has 5 nitrogen and oxygen atoms in total. The number of benzene rings is 1. The highest BCUT2D eigenvalue weighted by Gasteiger charge is 2.27. The predicted octanol–water partition coefficient (Wildman–Crippen LogP) is 1.72. The van der Waals surface area contributed by atoms with E-state index in [4.69, 9.17) is 5.73 Å². The number of halogens is 3. The zero-order valence-corrected chi connectivity index (χ0v) is 11.5. The maximum Gasteiger partial charge on any atom is 0.405 e. The van der Waals surface area contributed by atoms with Crippen molar-refractivity contribution in [2.45, 2.75) is 20.0 Å². The second kappa shape index (κ2) is 6.47. The molecule has 0 aliphatic rings. The van der Waals surface area contributed by atoms with Crippen LogP contribution in [-0.4, -0.2) is 31.2 Å². The summed E-state index contributed by atoms with van der Waals surface area (Å²) < 4.78 is 40.3. The van der Waals surface area contributed by atoms with E-state index in [1.54, 1.807) is 25.2 Å². The van der Waals surface area contributed by atoms with Crippen molar-refractivity contribution in [2.75, 3.05) is 18.9 Å². The van der Waals surface area contributed by atoms with Gasteiger partial charge in [-0.15, -0.1) is 0 Å². The smallest absolute Gasteiger partial charge is 0.405 e. The summed E-state index contributed by atoms with van der Waals surface area (Å²) in [6, 6.07) is 3.08. The summed E-state index contributed by atoms with van der Waals surface area (Å²) in [6.45, 7) is 1.16. The molecule has 0 bridgehead atoms. The third-order valence-electron chi connectivity index (χ3n) is 2.65. The molecule has 0 aliphatic heterocycles. The van der Waals surface area contributed by atoms with E-state index in [2.05, 4.69) is 4.74 Å². The molecular formula is C13H15F3N2O3. The van der Waals surface area contributed by atoms with E-state index >= 15 is 0 Å². The normalized spacial score (nSPS) is 11.1. The Bertz CT molecular complexity index is 556. The number of amides is 1. The molecule has 1 aromatic rings. The number of carbonyl (C=O) groups excluding carboxylic acids is 2. The van der Waals surface area contributed by atoms with Gasteiger partial charge in [0, 0.05) is 5.69 Å². The van der Waals surface area contributed by atoms with Crippen LogP contribution in [0.25, 0.3) is 0 Å². The van der Waals surface area contributed by atoms with Gasteiger partial charge in [-0.3, -0.25) is 4.79 Å². The van der Waals surface area contributed by atoms with E-state index in [0.717, 1.165) is 5.56 Å². The summed E-state index contributed by atoms with van der Waals surface area (Å²) in [7, 11) is 0. The van der Waals surface area contributed by atoms with Gasteiger partial charge in [-0.25, -0.2) is 4.79 Å². The van der Waals surface area contributed by atoms with Crippen LogP contribution in [-0.2, 0) is 9.53 Å². The molecule has 0 atom stereocenters. The minimum atomic E-state index is -4.51. The van der Waals surface area contributed by atoms with Crippen LogP contribution in [0.4, 0.5) is 18.9 Å². The maximum absolute atomic E-state index is 11.9. The highest BCUT2D eigenvalue weighted by molar-refractivity contribution is 5.93. The van der Waals surface area contributed by atoms with Crippen LogP contribution in [0, 0.1) is 13.8 Å². The molecule has 0 aromatic heterocycles. The number of esters is 1. The van der Waals surface area contributed by atoms with Crippen molar-refractivity contribution in [1.29, 1.82) is 0 Å². The molecule has 1 rings (SSSR count). The van der Waals surface area contributed by atoms with Crippen LogP contribution >= 0.6 is 0 Å². The number of carbonyl (C=O) groups is 2. The van der Waals surface area contributed by atoms with E-state index in [1.165, 1.54) is 6.07 Å². The van der Waals surface area contributed by atoms with Crippen molar-refractivity contribution in [1.82, 2.24) is 5.32 Å². The van der Waals surface area contributed by atoms with E-state index in [0.29, 0.717) is 11.3 Å². The Labute approximate surface area is 119 Å². The topological polar surface area (TPSA) is 81.4 Å². The number of rotatable bonds is 4. The van der Waals surface area contributed by atoms with Crippen molar-refractivity contribution in [3.05, 3.63) is 28.8 Å². The van der Waals surface area contributed by atoms with Gasteiger partial charge in [-0.2, -0.15) is 13.2 Å².